The van der Waals surface area contributed by atoms with Gasteiger partial charge in [-0.2, -0.15) is 0 Å². The van der Waals surface area contributed by atoms with E-state index in [4.69, 9.17) is 5.73 Å². The molecule has 0 heterocycles. The molecular weight excluding hydrogens is 242 g/mol. The minimum atomic E-state index is -0.135. The van der Waals surface area contributed by atoms with Crippen molar-refractivity contribution in [3.63, 3.8) is 0 Å². The van der Waals surface area contributed by atoms with Crippen LogP contribution >= 0.6 is 0 Å². The molecule has 0 rings (SSSR count). The van der Waals surface area contributed by atoms with Gasteiger partial charge in [0.05, 0.1) is 0 Å². The molecule has 5 heteroatoms. The van der Waals surface area contributed by atoms with Crippen molar-refractivity contribution in [1.82, 2.24) is 10.6 Å². The van der Waals surface area contributed by atoms with Crippen LogP contribution in [0.3, 0.4) is 0 Å². The van der Waals surface area contributed by atoms with Gasteiger partial charge in [-0.25, -0.2) is 0 Å². The molecular formula is C14H29N3O2. The second kappa shape index (κ2) is 8.15. The van der Waals surface area contributed by atoms with Gasteiger partial charge in [0.15, 0.2) is 0 Å². The molecule has 1 unspecified atom stereocenters. The lowest BCUT2D eigenvalue weighted by molar-refractivity contribution is -0.122. The highest BCUT2D eigenvalue weighted by molar-refractivity contribution is 5.79. The van der Waals surface area contributed by atoms with E-state index < -0.39 is 0 Å². The van der Waals surface area contributed by atoms with E-state index in [1.165, 1.54) is 0 Å². The number of carbonyl (C=O) groups is 2. The second-order valence-corrected chi connectivity index (χ2v) is 6.55. The summed E-state index contributed by atoms with van der Waals surface area (Å²) in [5.74, 6) is -0.136. The van der Waals surface area contributed by atoms with E-state index in [1.54, 1.807) is 0 Å². The summed E-state index contributed by atoms with van der Waals surface area (Å²) in [4.78, 5) is 23.0. The Labute approximate surface area is 116 Å². The van der Waals surface area contributed by atoms with E-state index in [0.717, 1.165) is 6.42 Å². The third kappa shape index (κ3) is 11.7. The fourth-order valence-electron chi connectivity index (χ4n) is 1.88. The van der Waals surface area contributed by atoms with E-state index in [0.29, 0.717) is 19.4 Å². The first-order chi connectivity index (χ1) is 8.60. The molecule has 0 aromatic heterocycles. The van der Waals surface area contributed by atoms with Crippen molar-refractivity contribution in [2.24, 2.45) is 11.1 Å². The van der Waals surface area contributed by atoms with Crippen molar-refractivity contribution in [3.05, 3.63) is 0 Å². The Morgan fingerprint density at radius 2 is 1.74 bits per heavy atom. The average Bonchev–Trinajstić information content (AvgIpc) is 2.12. The van der Waals surface area contributed by atoms with E-state index in [-0.39, 0.29) is 29.3 Å². The molecule has 112 valence electrons. The molecule has 0 aliphatic heterocycles. The largest absolute Gasteiger partial charge is 0.356 e. The molecule has 0 aromatic rings. The highest BCUT2D eigenvalue weighted by Gasteiger charge is 2.18. The first-order valence-corrected chi connectivity index (χ1v) is 6.92. The molecule has 19 heavy (non-hydrogen) atoms. The highest BCUT2D eigenvalue weighted by atomic mass is 16.2. The van der Waals surface area contributed by atoms with Gasteiger partial charge in [0, 0.05) is 31.5 Å². The van der Waals surface area contributed by atoms with Gasteiger partial charge >= 0.3 is 0 Å². The smallest absolute Gasteiger partial charge is 0.221 e. The van der Waals surface area contributed by atoms with Gasteiger partial charge in [0.25, 0.3) is 0 Å². The molecule has 2 amide bonds. The van der Waals surface area contributed by atoms with Crippen LogP contribution in [-0.2, 0) is 9.59 Å². The van der Waals surface area contributed by atoms with E-state index >= 15 is 0 Å². The molecule has 0 fully saturated rings. The molecule has 4 N–H and O–H groups in total. The number of amides is 2. The Hall–Kier alpha value is -1.10. The first kappa shape index (κ1) is 17.9. The van der Waals surface area contributed by atoms with E-state index in [9.17, 15) is 9.59 Å². The lowest BCUT2D eigenvalue weighted by Crippen LogP contribution is -2.37. The summed E-state index contributed by atoms with van der Waals surface area (Å²) in [5, 5.41) is 5.50. The lowest BCUT2D eigenvalue weighted by Gasteiger charge is -2.22. The summed E-state index contributed by atoms with van der Waals surface area (Å²) >= 11 is 0. The van der Waals surface area contributed by atoms with Crippen molar-refractivity contribution >= 4 is 11.8 Å². The van der Waals surface area contributed by atoms with Crippen molar-refractivity contribution in [2.75, 3.05) is 6.54 Å². The van der Waals surface area contributed by atoms with Crippen LogP contribution in [0.25, 0.3) is 0 Å². The molecule has 0 radical (unpaired) electrons. The molecule has 0 saturated heterocycles. The molecule has 0 saturated carbocycles. The normalized spacial score (nSPS) is 13.2. The van der Waals surface area contributed by atoms with E-state index in [1.807, 2.05) is 13.8 Å². The van der Waals surface area contributed by atoms with Gasteiger partial charge < -0.3 is 16.4 Å². The molecule has 0 bridgehead atoms. The lowest BCUT2D eigenvalue weighted by atomic mass is 9.87. The summed E-state index contributed by atoms with van der Waals surface area (Å²) in [6.45, 7) is 10.5. The molecule has 0 aliphatic carbocycles. The molecule has 5 nitrogen and oxygen atoms in total. The van der Waals surface area contributed by atoms with Crippen LogP contribution in [0.5, 0.6) is 0 Å². The highest BCUT2D eigenvalue weighted by Crippen LogP contribution is 2.20. The van der Waals surface area contributed by atoms with Gasteiger partial charge in [-0.3, -0.25) is 9.59 Å². The Balaban J connectivity index is 3.79. The van der Waals surface area contributed by atoms with Crippen molar-refractivity contribution < 1.29 is 9.59 Å². The third-order valence-electron chi connectivity index (χ3n) is 2.45. The first-order valence-electron chi connectivity index (χ1n) is 6.92. The van der Waals surface area contributed by atoms with Crippen LogP contribution in [0.1, 0.15) is 53.9 Å². The monoisotopic (exact) mass is 271 g/mol. The van der Waals surface area contributed by atoms with Gasteiger partial charge in [-0.1, -0.05) is 20.8 Å². The summed E-state index contributed by atoms with van der Waals surface area (Å²) in [6.07, 6.45) is 1.41. The number of hydrogen-bond acceptors (Lipinski definition) is 3. The zero-order valence-electron chi connectivity index (χ0n) is 12.9. The van der Waals surface area contributed by atoms with Crippen LogP contribution < -0.4 is 16.4 Å². The second-order valence-electron chi connectivity index (χ2n) is 6.55. The summed E-state index contributed by atoms with van der Waals surface area (Å²) in [5.41, 5.74) is 6.04. The van der Waals surface area contributed by atoms with E-state index in [2.05, 4.69) is 31.4 Å². The summed E-state index contributed by atoms with van der Waals surface area (Å²) in [7, 11) is 0. The molecule has 0 aliphatic rings. The Morgan fingerprint density at radius 3 is 2.21 bits per heavy atom. The van der Waals surface area contributed by atoms with Crippen molar-refractivity contribution in [1.29, 1.82) is 0 Å². The number of hydrogen-bond donors (Lipinski definition) is 3. The third-order valence-corrected chi connectivity index (χ3v) is 2.45. The minimum Gasteiger partial charge on any atom is -0.356 e. The maximum atomic E-state index is 11.6. The molecule has 0 spiro atoms. The number of rotatable bonds is 7. The number of nitrogens with one attached hydrogen (secondary N) is 2. The minimum absolute atomic E-state index is 0.0470. The zero-order valence-corrected chi connectivity index (χ0v) is 12.9. The Bertz CT molecular complexity index is 296. The summed E-state index contributed by atoms with van der Waals surface area (Å²) < 4.78 is 0. The van der Waals surface area contributed by atoms with Crippen molar-refractivity contribution in [2.45, 2.75) is 66.0 Å². The fourth-order valence-corrected chi connectivity index (χ4v) is 1.88. The Kier molecular flexibility index (Phi) is 7.68. The molecule has 0 aromatic carbocycles. The maximum Gasteiger partial charge on any atom is 0.221 e. The zero-order chi connectivity index (χ0) is 15.1. The quantitative estimate of drug-likeness (QED) is 0.650. The van der Waals surface area contributed by atoms with Gasteiger partial charge in [0.2, 0.25) is 11.8 Å². The fraction of sp³-hybridized carbons (Fsp3) is 0.857. The predicted molar refractivity (Wildman–Crippen MR) is 77.6 cm³/mol. The van der Waals surface area contributed by atoms with Crippen molar-refractivity contribution in [3.8, 4) is 0 Å². The SMILES string of the molecule is CC(C)NC(=O)CCNC(=O)CC(N)CC(C)(C)C. The molecule has 1 atom stereocenters. The number of nitrogens with two attached hydrogens (primary N) is 1. The maximum absolute atomic E-state index is 11.6. The van der Waals surface area contributed by atoms with Gasteiger partial charge in [-0.05, 0) is 25.7 Å². The predicted octanol–water partition coefficient (Wildman–Crippen LogP) is 1.17. The van der Waals surface area contributed by atoms with Crippen LogP contribution in [0.2, 0.25) is 0 Å². The number of carbonyl (C=O) groups excluding carboxylic acids is 2. The summed E-state index contributed by atoms with van der Waals surface area (Å²) in [6, 6.07) is -0.00657. The Morgan fingerprint density at radius 1 is 1.16 bits per heavy atom. The van der Waals surface area contributed by atoms with Crippen LogP contribution in [-0.4, -0.2) is 30.4 Å². The van der Waals surface area contributed by atoms with Gasteiger partial charge in [-0.15, -0.1) is 0 Å². The van der Waals surface area contributed by atoms with Gasteiger partial charge in [0.1, 0.15) is 0 Å². The average molecular weight is 271 g/mol. The van der Waals surface area contributed by atoms with Crippen LogP contribution in [0.4, 0.5) is 0 Å². The standard InChI is InChI=1S/C14H29N3O2/c1-10(2)17-12(18)6-7-16-13(19)8-11(15)9-14(3,4)5/h10-11H,6-9,15H2,1-5H3,(H,16,19)(H,17,18). The van der Waals surface area contributed by atoms with Crippen LogP contribution in [0, 0.1) is 5.41 Å². The topological polar surface area (TPSA) is 84.2 Å². The van der Waals surface area contributed by atoms with Crippen LogP contribution in [0.15, 0.2) is 0 Å².